The Morgan fingerprint density at radius 3 is 1.26 bits per heavy atom. The summed E-state index contributed by atoms with van der Waals surface area (Å²) in [4.78, 5) is 0. The van der Waals surface area contributed by atoms with Crippen LogP contribution >= 0.6 is 0 Å². The average molecular weight is 356 g/mol. The largest absolute Gasteiger partial charge is 0.446 e. The van der Waals surface area contributed by atoms with Gasteiger partial charge in [0.1, 0.15) is 0 Å². The Morgan fingerprint density at radius 2 is 0.815 bits per heavy atom. The van der Waals surface area contributed by atoms with Crippen molar-refractivity contribution in [2.24, 2.45) is 0 Å². The topological polar surface area (TPSA) is 91.0 Å². The Bertz CT molecular complexity index is 1080. The van der Waals surface area contributed by atoms with Gasteiger partial charge in [0.15, 0.2) is 11.5 Å². The number of furan rings is 1. The molecule has 0 aliphatic heterocycles. The minimum Gasteiger partial charge on any atom is -0.446 e. The Hall–Kier alpha value is -4.00. The molecule has 27 heavy (non-hydrogen) atoms. The van der Waals surface area contributed by atoms with Crippen LogP contribution in [0.2, 0.25) is 0 Å². The highest BCUT2D eigenvalue weighted by Crippen LogP contribution is 2.30. The molecule has 5 rings (SSSR count). The first kappa shape index (κ1) is 15.3. The molecule has 0 saturated heterocycles. The van der Waals surface area contributed by atoms with E-state index < -0.39 is 0 Å². The van der Waals surface area contributed by atoms with E-state index in [1.54, 1.807) is 12.1 Å². The van der Waals surface area contributed by atoms with Crippen LogP contribution in [0.25, 0.3) is 46.2 Å². The van der Waals surface area contributed by atoms with Gasteiger partial charge in [0, 0.05) is 11.1 Å². The van der Waals surface area contributed by atoms with Gasteiger partial charge < -0.3 is 13.3 Å². The van der Waals surface area contributed by atoms with Gasteiger partial charge in [-0.05, 0) is 36.4 Å². The van der Waals surface area contributed by atoms with Crippen molar-refractivity contribution in [2.45, 2.75) is 0 Å². The quantitative estimate of drug-likeness (QED) is 0.460. The summed E-state index contributed by atoms with van der Waals surface area (Å²) in [5, 5.41) is 16.2. The zero-order chi connectivity index (χ0) is 18.1. The SMILES string of the molecule is c1ccc(-c2nnc(-c3ccc(-c4nnc(-c5ccccc5)o4)o3)o2)cc1. The second-order valence-electron chi connectivity index (χ2n) is 5.72. The van der Waals surface area contributed by atoms with E-state index in [1.165, 1.54) is 0 Å². The molecule has 7 heteroatoms. The van der Waals surface area contributed by atoms with Crippen molar-refractivity contribution in [1.82, 2.24) is 20.4 Å². The number of hydrogen-bond donors (Lipinski definition) is 0. The highest BCUT2D eigenvalue weighted by molar-refractivity contribution is 5.58. The van der Waals surface area contributed by atoms with E-state index in [0.29, 0.717) is 23.3 Å². The highest BCUT2D eigenvalue weighted by Gasteiger charge is 2.18. The molecule has 0 aliphatic carbocycles. The molecule has 0 unspecified atom stereocenters. The average Bonchev–Trinajstić information content (AvgIpc) is 3.49. The minimum absolute atomic E-state index is 0.280. The first-order valence-electron chi connectivity index (χ1n) is 8.25. The van der Waals surface area contributed by atoms with Crippen molar-refractivity contribution in [3.8, 4) is 46.2 Å². The molecular formula is C20H12N4O3. The monoisotopic (exact) mass is 356 g/mol. The molecule has 5 aromatic rings. The van der Waals surface area contributed by atoms with Crippen LogP contribution in [0.4, 0.5) is 0 Å². The van der Waals surface area contributed by atoms with E-state index in [-0.39, 0.29) is 11.8 Å². The summed E-state index contributed by atoms with van der Waals surface area (Å²) in [6, 6.07) is 22.5. The van der Waals surface area contributed by atoms with Crippen LogP contribution in [-0.4, -0.2) is 20.4 Å². The Kier molecular flexibility index (Phi) is 3.61. The van der Waals surface area contributed by atoms with Crippen LogP contribution in [0, 0.1) is 0 Å². The van der Waals surface area contributed by atoms with Crippen molar-refractivity contribution in [3.05, 3.63) is 72.8 Å². The second-order valence-corrected chi connectivity index (χ2v) is 5.72. The molecule has 0 fully saturated rings. The van der Waals surface area contributed by atoms with Gasteiger partial charge in [-0.1, -0.05) is 36.4 Å². The van der Waals surface area contributed by atoms with Crippen LogP contribution in [0.1, 0.15) is 0 Å². The standard InChI is InChI=1S/C20H12N4O3/c1-3-7-13(8-4-1)17-21-23-19(26-17)15-11-12-16(25-15)20-24-22-18(27-20)14-9-5-2-6-10-14/h1-12H. The van der Waals surface area contributed by atoms with E-state index in [0.717, 1.165) is 11.1 Å². The molecule has 0 N–H and O–H groups in total. The molecule has 130 valence electrons. The molecule has 0 bridgehead atoms. The molecule has 2 aromatic carbocycles. The molecule has 0 atom stereocenters. The maximum absolute atomic E-state index is 5.76. The maximum Gasteiger partial charge on any atom is 0.283 e. The van der Waals surface area contributed by atoms with Gasteiger partial charge in [-0.15, -0.1) is 20.4 Å². The lowest BCUT2D eigenvalue weighted by Gasteiger charge is -1.92. The fourth-order valence-corrected chi connectivity index (χ4v) is 2.61. The van der Waals surface area contributed by atoms with Gasteiger partial charge >= 0.3 is 0 Å². The molecule has 0 radical (unpaired) electrons. The molecule has 3 aromatic heterocycles. The van der Waals surface area contributed by atoms with Crippen molar-refractivity contribution < 1.29 is 13.3 Å². The van der Waals surface area contributed by atoms with Gasteiger partial charge in [0.25, 0.3) is 11.8 Å². The number of aromatic nitrogens is 4. The highest BCUT2D eigenvalue weighted by atomic mass is 16.4. The lowest BCUT2D eigenvalue weighted by atomic mass is 10.2. The normalized spacial score (nSPS) is 11.0. The zero-order valence-corrected chi connectivity index (χ0v) is 13.9. The predicted octanol–water partition coefficient (Wildman–Crippen LogP) is 4.71. The van der Waals surface area contributed by atoms with E-state index >= 15 is 0 Å². The van der Waals surface area contributed by atoms with Crippen LogP contribution in [0.15, 0.2) is 86.0 Å². The van der Waals surface area contributed by atoms with Gasteiger partial charge in [-0.2, -0.15) is 0 Å². The first-order valence-corrected chi connectivity index (χ1v) is 8.25. The van der Waals surface area contributed by atoms with Gasteiger partial charge in [0.05, 0.1) is 0 Å². The van der Waals surface area contributed by atoms with E-state index in [4.69, 9.17) is 13.3 Å². The van der Waals surface area contributed by atoms with Crippen molar-refractivity contribution >= 4 is 0 Å². The Balaban J connectivity index is 1.42. The van der Waals surface area contributed by atoms with Crippen LogP contribution in [0.3, 0.4) is 0 Å². The summed E-state index contributed by atoms with van der Waals surface area (Å²) in [5.74, 6) is 2.27. The summed E-state index contributed by atoms with van der Waals surface area (Å²) in [7, 11) is 0. The fourth-order valence-electron chi connectivity index (χ4n) is 2.61. The zero-order valence-electron chi connectivity index (χ0n) is 13.9. The van der Waals surface area contributed by atoms with Gasteiger partial charge in [-0.3, -0.25) is 0 Å². The van der Waals surface area contributed by atoms with Crippen LogP contribution in [0.5, 0.6) is 0 Å². The summed E-state index contributed by atoms with van der Waals surface area (Å²) in [5.41, 5.74) is 1.68. The van der Waals surface area contributed by atoms with Gasteiger partial charge in [0.2, 0.25) is 11.8 Å². The van der Waals surface area contributed by atoms with E-state index in [2.05, 4.69) is 20.4 Å². The minimum atomic E-state index is 0.280. The summed E-state index contributed by atoms with van der Waals surface area (Å²) >= 11 is 0. The molecule has 0 spiro atoms. The molecule has 0 aliphatic rings. The van der Waals surface area contributed by atoms with Crippen LogP contribution in [-0.2, 0) is 0 Å². The van der Waals surface area contributed by atoms with Crippen LogP contribution < -0.4 is 0 Å². The number of rotatable bonds is 4. The summed E-state index contributed by atoms with van der Waals surface area (Å²) in [6.45, 7) is 0. The Labute approximate surface area is 153 Å². The number of nitrogens with zero attached hydrogens (tertiary/aromatic N) is 4. The molecule has 3 heterocycles. The summed E-state index contributed by atoms with van der Waals surface area (Å²) in [6.07, 6.45) is 0. The lowest BCUT2D eigenvalue weighted by molar-refractivity contribution is 0.506. The van der Waals surface area contributed by atoms with Crippen molar-refractivity contribution in [1.29, 1.82) is 0 Å². The maximum atomic E-state index is 5.76. The number of benzene rings is 2. The summed E-state index contributed by atoms with van der Waals surface area (Å²) < 4.78 is 17.2. The fraction of sp³-hybridized carbons (Fsp3) is 0. The smallest absolute Gasteiger partial charge is 0.283 e. The third kappa shape index (κ3) is 2.91. The molecule has 7 nitrogen and oxygen atoms in total. The Morgan fingerprint density at radius 1 is 0.407 bits per heavy atom. The van der Waals surface area contributed by atoms with Crippen molar-refractivity contribution in [3.63, 3.8) is 0 Å². The van der Waals surface area contributed by atoms with Gasteiger partial charge in [-0.25, -0.2) is 0 Å². The third-order valence-corrected chi connectivity index (χ3v) is 3.92. The van der Waals surface area contributed by atoms with Crippen molar-refractivity contribution in [2.75, 3.05) is 0 Å². The molecule has 0 amide bonds. The molecular weight excluding hydrogens is 344 g/mol. The van der Waals surface area contributed by atoms with E-state index in [1.807, 2.05) is 60.7 Å². The third-order valence-electron chi connectivity index (χ3n) is 3.92. The first-order chi connectivity index (χ1) is 13.4. The second kappa shape index (κ2) is 6.38. The lowest BCUT2D eigenvalue weighted by Crippen LogP contribution is -1.75. The number of hydrogen-bond acceptors (Lipinski definition) is 7. The predicted molar refractivity (Wildman–Crippen MR) is 96.2 cm³/mol. The molecule has 0 saturated carbocycles. The van der Waals surface area contributed by atoms with E-state index in [9.17, 15) is 0 Å².